The molecule has 3 unspecified atom stereocenters. The molecule has 0 heterocycles. The Labute approximate surface area is 250 Å². The van der Waals surface area contributed by atoms with Crippen molar-refractivity contribution in [1.29, 1.82) is 0 Å². The van der Waals surface area contributed by atoms with E-state index in [1.807, 2.05) is 32.1 Å². The third kappa shape index (κ3) is 7.55. The molecule has 0 radical (unpaired) electrons. The van der Waals surface area contributed by atoms with E-state index in [1.165, 1.54) is 36.4 Å². The van der Waals surface area contributed by atoms with E-state index in [1.54, 1.807) is 12.1 Å². The molecule has 0 bridgehead atoms. The average Bonchev–Trinajstić information content (AvgIpc) is 2.95. The minimum atomic E-state index is -4.82. The number of rotatable bonds is 10. The molecule has 1 aliphatic carbocycles. The van der Waals surface area contributed by atoms with E-state index in [0.717, 1.165) is 34.2 Å². The first-order chi connectivity index (χ1) is 20.3. The third-order valence-electron chi connectivity index (χ3n) is 8.01. The lowest BCUT2D eigenvalue weighted by molar-refractivity contribution is -0.274. The topological polar surface area (TPSA) is 75.6 Å². The van der Waals surface area contributed by atoms with Crippen molar-refractivity contribution < 1.29 is 32.6 Å². The molecule has 1 amide bonds. The Kier molecular flexibility index (Phi) is 9.48. The number of hydrogen-bond donors (Lipinski definition) is 2. The number of carbonyl (C=O) groups excluding carboxylic acids is 1. The Hall–Kier alpha value is -4.33. The van der Waals surface area contributed by atoms with Gasteiger partial charge in [-0.15, -0.1) is 13.2 Å². The SMILES string of the molecule is CCCC(c1ccc(C(=O)O)cc1)C(NC(=O)C1(C)C=CC(c2c(C)cccc2C)=CC1)c1ccc(OC(F)(F)F)cc1. The van der Waals surface area contributed by atoms with Crippen LogP contribution in [0.5, 0.6) is 5.75 Å². The fourth-order valence-electron chi connectivity index (χ4n) is 5.66. The monoisotopic (exact) mass is 591 g/mol. The second kappa shape index (κ2) is 12.9. The summed E-state index contributed by atoms with van der Waals surface area (Å²) in [5, 5.41) is 12.6. The van der Waals surface area contributed by atoms with Crippen molar-refractivity contribution in [2.45, 2.75) is 65.3 Å². The maximum atomic E-state index is 14.0. The van der Waals surface area contributed by atoms with E-state index >= 15 is 0 Å². The van der Waals surface area contributed by atoms with Crippen molar-refractivity contribution in [1.82, 2.24) is 5.32 Å². The van der Waals surface area contributed by atoms with Gasteiger partial charge in [-0.3, -0.25) is 4.79 Å². The Morgan fingerprint density at radius 1 is 0.977 bits per heavy atom. The molecule has 5 nitrogen and oxygen atoms in total. The number of aryl methyl sites for hydroxylation is 2. The summed E-state index contributed by atoms with van der Waals surface area (Å²) in [6.45, 7) is 7.99. The van der Waals surface area contributed by atoms with Crippen LogP contribution in [0.15, 0.2) is 85.0 Å². The average molecular weight is 592 g/mol. The minimum absolute atomic E-state index is 0.138. The van der Waals surface area contributed by atoms with E-state index in [2.05, 4.69) is 42.1 Å². The summed E-state index contributed by atoms with van der Waals surface area (Å²) in [5.74, 6) is -1.90. The van der Waals surface area contributed by atoms with Gasteiger partial charge in [0.25, 0.3) is 0 Å². The first-order valence-electron chi connectivity index (χ1n) is 14.3. The molecule has 43 heavy (non-hydrogen) atoms. The van der Waals surface area contributed by atoms with Gasteiger partial charge in [0.05, 0.1) is 17.0 Å². The normalized spacial score (nSPS) is 18.0. The molecule has 226 valence electrons. The summed E-state index contributed by atoms with van der Waals surface area (Å²) in [4.78, 5) is 25.4. The summed E-state index contributed by atoms with van der Waals surface area (Å²) >= 11 is 0. The van der Waals surface area contributed by atoms with Crippen molar-refractivity contribution >= 4 is 17.4 Å². The molecule has 3 atom stereocenters. The lowest BCUT2D eigenvalue weighted by Gasteiger charge is -2.34. The number of ether oxygens (including phenoxy) is 1. The Morgan fingerprint density at radius 2 is 1.58 bits per heavy atom. The highest BCUT2D eigenvalue weighted by molar-refractivity contribution is 5.89. The number of halogens is 3. The predicted octanol–water partition coefficient (Wildman–Crippen LogP) is 8.69. The summed E-state index contributed by atoms with van der Waals surface area (Å²) in [6.07, 6.45) is 3.00. The minimum Gasteiger partial charge on any atom is -0.478 e. The highest BCUT2D eigenvalue weighted by atomic mass is 19.4. The fourth-order valence-corrected chi connectivity index (χ4v) is 5.66. The van der Waals surface area contributed by atoms with Gasteiger partial charge >= 0.3 is 12.3 Å². The number of aromatic carboxylic acids is 1. The number of alkyl halides is 3. The van der Waals surface area contributed by atoms with Gasteiger partial charge in [0, 0.05) is 5.92 Å². The van der Waals surface area contributed by atoms with Crippen LogP contribution < -0.4 is 10.1 Å². The van der Waals surface area contributed by atoms with Gasteiger partial charge in [-0.2, -0.15) is 0 Å². The second-order valence-corrected chi connectivity index (χ2v) is 11.3. The molecule has 0 aliphatic heterocycles. The molecule has 0 saturated carbocycles. The molecule has 8 heteroatoms. The van der Waals surface area contributed by atoms with Gasteiger partial charge in [0.15, 0.2) is 0 Å². The summed E-state index contributed by atoms with van der Waals surface area (Å²) < 4.78 is 42.5. The maximum Gasteiger partial charge on any atom is 0.573 e. The van der Waals surface area contributed by atoms with Gasteiger partial charge in [-0.25, -0.2) is 4.79 Å². The second-order valence-electron chi connectivity index (χ2n) is 11.3. The first kappa shape index (κ1) is 31.6. The van der Waals surface area contributed by atoms with Gasteiger partial charge in [0.2, 0.25) is 5.91 Å². The van der Waals surface area contributed by atoms with Gasteiger partial charge in [-0.05, 0) is 91.3 Å². The van der Waals surface area contributed by atoms with Crippen LogP contribution in [0.2, 0.25) is 0 Å². The zero-order valence-electron chi connectivity index (χ0n) is 24.7. The van der Waals surface area contributed by atoms with Gasteiger partial charge < -0.3 is 15.2 Å². The molecule has 4 rings (SSSR count). The highest BCUT2D eigenvalue weighted by Gasteiger charge is 2.36. The lowest BCUT2D eigenvalue weighted by atomic mass is 9.77. The molecule has 0 spiro atoms. The number of nitrogens with one attached hydrogen (secondary N) is 1. The zero-order chi connectivity index (χ0) is 31.4. The number of amides is 1. The van der Waals surface area contributed by atoms with Crippen LogP contribution in [0.25, 0.3) is 5.57 Å². The van der Waals surface area contributed by atoms with Crippen LogP contribution in [0, 0.1) is 19.3 Å². The van der Waals surface area contributed by atoms with Crippen LogP contribution >= 0.6 is 0 Å². The maximum absolute atomic E-state index is 14.0. The summed E-state index contributed by atoms with van der Waals surface area (Å²) in [6, 6.07) is 17.6. The quantitative estimate of drug-likeness (QED) is 0.247. The Bertz CT molecular complexity index is 1500. The molecule has 2 N–H and O–H groups in total. The molecule has 3 aromatic carbocycles. The van der Waals surface area contributed by atoms with Gasteiger partial charge in [-0.1, -0.05) is 74.0 Å². The van der Waals surface area contributed by atoms with Gasteiger partial charge in [0.1, 0.15) is 5.75 Å². The Morgan fingerprint density at radius 3 is 2.09 bits per heavy atom. The van der Waals surface area contributed by atoms with Crippen LogP contribution in [-0.2, 0) is 4.79 Å². The number of carboxylic acids is 1. The third-order valence-corrected chi connectivity index (χ3v) is 8.01. The lowest BCUT2D eigenvalue weighted by Crippen LogP contribution is -2.42. The summed E-state index contributed by atoms with van der Waals surface area (Å²) in [5.41, 5.74) is 5.21. The molecular weight excluding hydrogens is 555 g/mol. The van der Waals surface area contributed by atoms with Crippen molar-refractivity contribution in [3.8, 4) is 5.75 Å². The molecule has 0 saturated heterocycles. The molecule has 0 aromatic heterocycles. The van der Waals surface area contributed by atoms with Crippen molar-refractivity contribution in [2.75, 3.05) is 0 Å². The van der Waals surface area contributed by atoms with Crippen LogP contribution in [0.4, 0.5) is 13.2 Å². The number of hydrogen-bond acceptors (Lipinski definition) is 3. The molecule has 3 aromatic rings. The molecule has 1 aliphatic rings. The number of carboxylic acid groups (broad SMARTS) is 1. The predicted molar refractivity (Wildman–Crippen MR) is 161 cm³/mol. The molecular formula is C35H36F3NO4. The Balaban J connectivity index is 1.67. The van der Waals surface area contributed by atoms with Crippen molar-refractivity contribution in [2.24, 2.45) is 5.41 Å². The number of carbonyl (C=O) groups is 2. The van der Waals surface area contributed by atoms with Crippen LogP contribution in [0.3, 0.4) is 0 Å². The standard InChI is InChI=1S/C35H36F3NO4/c1-5-7-29(24-10-12-27(13-11-24)32(40)41)31(26-14-16-28(17-15-26)43-35(36,37)38)39-33(42)34(4)20-18-25(19-21-34)30-22(2)8-6-9-23(30)3/h6,8-20,29,31H,5,7,21H2,1-4H3,(H,39,42)(H,40,41). The first-order valence-corrected chi connectivity index (χ1v) is 14.3. The van der Waals surface area contributed by atoms with E-state index < -0.39 is 23.8 Å². The largest absolute Gasteiger partial charge is 0.573 e. The van der Waals surface area contributed by atoms with Crippen molar-refractivity contribution in [3.05, 3.63) is 118 Å². The van der Waals surface area contributed by atoms with Crippen molar-refractivity contribution in [3.63, 3.8) is 0 Å². The van der Waals surface area contributed by atoms with E-state index in [9.17, 15) is 27.9 Å². The highest BCUT2D eigenvalue weighted by Crippen LogP contribution is 2.40. The fraction of sp³-hybridized carbons (Fsp3) is 0.314. The van der Waals surface area contributed by atoms with Crippen LogP contribution in [0.1, 0.15) is 83.2 Å². The zero-order valence-corrected chi connectivity index (χ0v) is 24.7. The van der Waals surface area contributed by atoms with E-state index in [4.69, 9.17) is 0 Å². The number of benzene rings is 3. The molecule has 0 fully saturated rings. The summed E-state index contributed by atoms with van der Waals surface area (Å²) in [7, 11) is 0. The smallest absolute Gasteiger partial charge is 0.478 e. The van der Waals surface area contributed by atoms with E-state index in [-0.39, 0.29) is 23.1 Å². The number of allylic oxidation sites excluding steroid dienone is 3. The van der Waals surface area contributed by atoms with E-state index in [0.29, 0.717) is 18.4 Å². The van der Waals surface area contributed by atoms with Crippen LogP contribution in [-0.4, -0.2) is 23.3 Å².